The van der Waals surface area contributed by atoms with Gasteiger partial charge in [-0.2, -0.15) is 0 Å². The highest BCUT2D eigenvalue weighted by molar-refractivity contribution is 7.10. The molecule has 0 aliphatic carbocycles. The summed E-state index contributed by atoms with van der Waals surface area (Å²) < 4.78 is 7.67. The van der Waals surface area contributed by atoms with E-state index in [2.05, 4.69) is 16.4 Å². The molecule has 0 atom stereocenters. The van der Waals surface area contributed by atoms with Crippen molar-refractivity contribution in [2.75, 3.05) is 19.7 Å². The first kappa shape index (κ1) is 17.6. The standard InChI is InChI=1S/C21H21N3O3S/c1-23-13-22-17-12-15(2-3-16(17)20(23)26)19(25)24-8-6-21(7-9-24)18-14(4-10-27-21)5-11-28-18/h2-3,5,11-13H,4,6-10H2,1H3. The number of thiophene rings is 1. The second kappa shape index (κ2) is 6.53. The Bertz CT molecular complexity index is 1130. The molecule has 1 amide bonds. The number of amides is 1. The highest BCUT2D eigenvalue weighted by atomic mass is 32.1. The molecule has 4 heterocycles. The number of fused-ring (bicyclic) bond motifs is 3. The third kappa shape index (κ3) is 2.69. The Kier molecular flexibility index (Phi) is 4.10. The molecule has 0 N–H and O–H groups in total. The van der Waals surface area contributed by atoms with Crippen molar-refractivity contribution in [1.82, 2.24) is 14.5 Å². The molecule has 2 aliphatic heterocycles. The number of hydrogen-bond acceptors (Lipinski definition) is 5. The quantitative estimate of drug-likeness (QED) is 0.636. The van der Waals surface area contributed by atoms with Crippen LogP contribution in [0.2, 0.25) is 0 Å². The number of aromatic nitrogens is 2. The van der Waals surface area contributed by atoms with E-state index in [0.717, 1.165) is 25.9 Å². The Balaban J connectivity index is 1.38. The minimum atomic E-state index is -0.227. The number of likely N-dealkylation sites (tertiary alicyclic amines) is 1. The van der Waals surface area contributed by atoms with Crippen molar-refractivity contribution in [2.24, 2.45) is 7.05 Å². The van der Waals surface area contributed by atoms with Crippen molar-refractivity contribution in [2.45, 2.75) is 24.9 Å². The summed E-state index contributed by atoms with van der Waals surface area (Å²) in [5, 5.41) is 2.67. The monoisotopic (exact) mass is 395 g/mol. The SMILES string of the molecule is Cn1cnc2cc(C(=O)N3CCC4(CC3)OCCc3ccsc34)ccc2c1=O. The van der Waals surface area contributed by atoms with Crippen molar-refractivity contribution in [3.8, 4) is 0 Å². The zero-order chi connectivity index (χ0) is 19.3. The normalized spacial score (nSPS) is 18.4. The number of carbonyl (C=O) groups is 1. The molecule has 28 heavy (non-hydrogen) atoms. The van der Waals surface area contributed by atoms with Crippen LogP contribution in [0.15, 0.2) is 40.8 Å². The highest BCUT2D eigenvalue weighted by Gasteiger charge is 2.42. The molecule has 1 fully saturated rings. The van der Waals surface area contributed by atoms with Gasteiger partial charge in [-0.25, -0.2) is 4.98 Å². The van der Waals surface area contributed by atoms with Gasteiger partial charge in [0.25, 0.3) is 11.5 Å². The van der Waals surface area contributed by atoms with Crippen LogP contribution in [0.1, 0.15) is 33.6 Å². The molecule has 144 valence electrons. The van der Waals surface area contributed by atoms with E-state index in [4.69, 9.17) is 4.74 Å². The van der Waals surface area contributed by atoms with Crippen molar-refractivity contribution in [3.05, 3.63) is 62.3 Å². The average Bonchev–Trinajstić information content (AvgIpc) is 3.21. The third-order valence-electron chi connectivity index (χ3n) is 5.93. The van der Waals surface area contributed by atoms with E-state index in [1.165, 1.54) is 21.3 Å². The van der Waals surface area contributed by atoms with Crippen LogP contribution in [0.4, 0.5) is 0 Å². The summed E-state index contributed by atoms with van der Waals surface area (Å²) in [6.45, 7) is 2.08. The van der Waals surface area contributed by atoms with Gasteiger partial charge in [-0.15, -0.1) is 11.3 Å². The van der Waals surface area contributed by atoms with Crippen molar-refractivity contribution >= 4 is 28.1 Å². The highest BCUT2D eigenvalue weighted by Crippen LogP contribution is 2.44. The van der Waals surface area contributed by atoms with Crippen molar-refractivity contribution in [1.29, 1.82) is 0 Å². The summed E-state index contributed by atoms with van der Waals surface area (Å²) in [6.07, 6.45) is 4.10. The fraction of sp³-hybridized carbons (Fsp3) is 0.381. The lowest BCUT2D eigenvalue weighted by Gasteiger charge is -2.43. The van der Waals surface area contributed by atoms with Gasteiger partial charge in [0.2, 0.25) is 0 Å². The predicted octanol–water partition coefficient (Wildman–Crippen LogP) is 2.70. The van der Waals surface area contributed by atoms with Crippen LogP contribution >= 0.6 is 11.3 Å². The Morgan fingerprint density at radius 3 is 2.89 bits per heavy atom. The first-order chi connectivity index (χ1) is 13.6. The van der Waals surface area contributed by atoms with Gasteiger partial charge in [0.15, 0.2) is 0 Å². The van der Waals surface area contributed by atoms with Gasteiger partial charge in [-0.1, -0.05) is 0 Å². The van der Waals surface area contributed by atoms with Crippen molar-refractivity contribution in [3.63, 3.8) is 0 Å². The molecule has 0 unspecified atom stereocenters. The molecule has 5 rings (SSSR count). The molecule has 3 aromatic rings. The van der Waals surface area contributed by atoms with Crippen molar-refractivity contribution < 1.29 is 9.53 Å². The largest absolute Gasteiger partial charge is 0.369 e. The van der Waals surface area contributed by atoms with E-state index in [-0.39, 0.29) is 17.1 Å². The molecule has 6 nitrogen and oxygen atoms in total. The number of ether oxygens (including phenoxy) is 1. The number of carbonyl (C=O) groups excluding carboxylic acids is 1. The number of benzene rings is 1. The lowest BCUT2D eigenvalue weighted by molar-refractivity contribution is -0.0906. The van der Waals surface area contributed by atoms with Crippen LogP contribution in [0, 0.1) is 0 Å². The number of piperidine rings is 1. The number of aryl methyl sites for hydroxylation is 1. The molecular weight excluding hydrogens is 374 g/mol. The summed E-state index contributed by atoms with van der Waals surface area (Å²) in [5.41, 5.74) is 2.20. The summed E-state index contributed by atoms with van der Waals surface area (Å²) in [5.74, 6) is -0.0126. The predicted molar refractivity (Wildman–Crippen MR) is 108 cm³/mol. The number of hydrogen-bond donors (Lipinski definition) is 0. The van der Waals surface area contributed by atoms with Gasteiger partial charge in [0, 0.05) is 30.6 Å². The lowest BCUT2D eigenvalue weighted by atomic mass is 9.85. The van der Waals surface area contributed by atoms with Gasteiger partial charge in [-0.05, 0) is 54.5 Å². The van der Waals surface area contributed by atoms with Gasteiger partial charge < -0.3 is 14.2 Å². The maximum Gasteiger partial charge on any atom is 0.260 e. The molecule has 2 aliphatic rings. The Morgan fingerprint density at radius 1 is 1.25 bits per heavy atom. The van der Waals surface area contributed by atoms with E-state index in [0.29, 0.717) is 29.6 Å². The average molecular weight is 395 g/mol. The van der Waals surface area contributed by atoms with Crippen LogP contribution in [0.5, 0.6) is 0 Å². The zero-order valence-corrected chi connectivity index (χ0v) is 16.5. The first-order valence-electron chi connectivity index (χ1n) is 9.53. The lowest BCUT2D eigenvalue weighted by Crippen LogP contribution is -2.47. The van der Waals surface area contributed by atoms with Crippen LogP contribution in [0.25, 0.3) is 10.9 Å². The fourth-order valence-electron chi connectivity index (χ4n) is 4.32. The van der Waals surface area contributed by atoms with Gasteiger partial charge in [0.05, 0.1) is 23.8 Å². The molecule has 1 spiro atoms. The Labute approximate surface area is 166 Å². The van der Waals surface area contributed by atoms with Gasteiger partial charge in [0.1, 0.15) is 5.60 Å². The van der Waals surface area contributed by atoms with E-state index < -0.39 is 0 Å². The molecule has 1 saturated heterocycles. The number of rotatable bonds is 1. The Hall–Kier alpha value is -2.51. The third-order valence-corrected chi connectivity index (χ3v) is 7.08. The van der Waals surface area contributed by atoms with E-state index >= 15 is 0 Å². The first-order valence-corrected chi connectivity index (χ1v) is 10.4. The van der Waals surface area contributed by atoms with Gasteiger partial charge >= 0.3 is 0 Å². The summed E-state index contributed by atoms with van der Waals surface area (Å²) in [4.78, 5) is 32.7. The van der Waals surface area contributed by atoms with Crippen LogP contribution < -0.4 is 5.56 Å². The van der Waals surface area contributed by atoms with E-state index in [1.54, 1.807) is 36.6 Å². The van der Waals surface area contributed by atoms with Crippen LogP contribution in [0.3, 0.4) is 0 Å². The summed E-state index contributed by atoms with van der Waals surface area (Å²) >= 11 is 1.77. The second-order valence-electron chi connectivity index (χ2n) is 7.55. The molecule has 0 saturated carbocycles. The number of nitrogens with zero attached hydrogens (tertiary/aromatic N) is 3. The summed E-state index contributed by atoms with van der Waals surface area (Å²) in [7, 11) is 1.67. The fourth-order valence-corrected chi connectivity index (χ4v) is 5.49. The Morgan fingerprint density at radius 2 is 2.07 bits per heavy atom. The van der Waals surface area contributed by atoms with E-state index in [1.807, 2.05) is 4.90 Å². The summed E-state index contributed by atoms with van der Waals surface area (Å²) in [6, 6.07) is 7.35. The molecule has 2 aromatic heterocycles. The maximum atomic E-state index is 13.0. The van der Waals surface area contributed by atoms with E-state index in [9.17, 15) is 9.59 Å². The molecular formula is C21H21N3O3S. The molecule has 1 aromatic carbocycles. The van der Waals surface area contributed by atoms with Crippen LogP contribution in [-0.4, -0.2) is 40.1 Å². The zero-order valence-electron chi connectivity index (χ0n) is 15.7. The molecule has 0 radical (unpaired) electrons. The molecule has 0 bridgehead atoms. The minimum Gasteiger partial charge on any atom is -0.369 e. The molecule has 7 heteroatoms. The minimum absolute atomic E-state index is 0.0126. The van der Waals surface area contributed by atoms with Crippen LogP contribution in [-0.2, 0) is 23.8 Å². The topological polar surface area (TPSA) is 64.4 Å². The second-order valence-corrected chi connectivity index (χ2v) is 8.47. The maximum absolute atomic E-state index is 13.0. The smallest absolute Gasteiger partial charge is 0.260 e. The van der Waals surface area contributed by atoms with Gasteiger partial charge in [-0.3, -0.25) is 9.59 Å².